The number of thiocarbonyl (C=S) groups is 2. The summed E-state index contributed by atoms with van der Waals surface area (Å²) >= 11 is 16.0. The number of hydrazine groups is 1. The van der Waals surface area contributed by atoms with Crippen LogP contribution >= 0.6 is 36.0 Å². The van der Waals surface area contributed by atoms with Crippen LogP contribution in [0, 0.1) is 0 Å². The van der Waals surface area contributed by atoms with Gasteiger partial charge in [-0.2, -0.15) is 0 Å². The van der Waals surface area contributed by atoms with Crippen LogP contribution in [0.1, 0.15) is 19.8 Å². The third-order valence-corrected chi connectivity index (χ3v) is 2.91. The molecule has 0 radical (unpaired) electrons. The van der Waals surface area contributed by atoms with Crippen LogP contribution in [-0.2, 0) is 0 Å². The molecule has 4 nitrogen and oxygen atoms in total. The van der Waals surface area contributed by atoms with E-state index in [1.54, 1.807) is 12.1 Å². The number of halogens is 1. The van der Waals surface area contributed by atoms with Crippen LogP contribution in [-0.4, -0.2) is 16.8 Å². The van der Waals surface area contributed by atoms with Gasteiger partial charge in [0.2, 0.25) is 0 Å². The summed E-state index contributed by atoms with van der Waals surface area (Å²) in [6.07, 6.45) is 2.20. The second-order valence-corrected chi connectivity index (χ2v) is 5.07. The largest absolute Gasteiger partial charge is 0.361 e. The predicted molar refractivity (Wildman–Crippen MR) is 89.5 cm³/mol. The van der Waals surface area contributed by atoms with Crippen molar-refractivity contribution in [1.82, 2.24) is 16.2 Å². The zero-order chi connectivity index (χ0) is 14.1. The van der Waals surface area contributed by atoms with Crippen LogP contribution in [0.25, 0.3) is 0 Å². The monoisotopic (exact) mass is 316 g/mol. The van der Waals surface area contributed by atoms with E-state index in [1.807, 2.05) is 12.1 Å². The Morgan fingerprint density at radius 3 is 2.37 bits per heavy atom. The van der Waals surface area contributed by atoms with E-state index in [0.717, 1.165) is 25.1 Å². The fourth-order valence-corrected chi connectivity index (χ4v) is 1.68. The third-order valence-electron chi connectivity index (χ3n) is 2.21. The second-order valence-electron chi connectivity index (χ2n) is 3.82. The SMILES string of the molecule is CCCCNC(=S)NNC(=S)Nc1ccc(Cl)cc1. The lowest BCUT2D eigenvalue weighted by Gasteiger charge is -2.14. The maximum Gasteiger partial charge on any atom is 0.189 e. The molecule has 0 aliphatic rings. The molecule has 0 heterocycles. The number of anilines is 1. The Hall–Kier alpha value is -1.11. The molecule has 1 rings (SSSR count). The summed E-state index contributed by atoms with van der Waals surface area (Å²) in [6, 6.07) is 7.26. The summed E-state index contributed by atoms with van der Waals surface area (Å²) in [6.45, 7) is 2.98. The summed E-state index contributed by atoms with van der Waals surface area (Å²) in [5.41, 5.74) is 6.47. The molecule has 0 amide bonds. The molecule has 0 bridgehead atoms. The van der Waals surface area contributed by atoms with Crippen LogP contribution in [0.4, 0.5) is 5.69 Å². The molecule has 0 unspecified atom stereocenters. The molecular formula is C12H17ClN4S2. The molecular weight excluding hydrogens is 300 g/mol. The van der Waals surface area contributed by atoms with Crippen molar-refractivity contribution in [1.29, 1.82) is 0 Å². The van der Waals surface area contributed by atoms with Gasteiger partial charge in [0.15, 0.2) is 10.2 Å². The van der Waals surface area contributed by atoms with Crippen LogP contribution in [0.2, 0.25) is 5.02 Å². The lowest BCUT2D eigenvalue weighted by molar-refractivity contribution is 0.732. The standard InChI is InChI=1S/C12H17ClN4S2/c1-2-3-8-14-11(18)16-17-12(19)15-10-6-4-9(13)5-7-10/h4-7H,2-3,8H2,1H3,(H2,14,16,18)(H2,15,17,19). The highest BCUT2D eigenvalue weighted by atomic mass is 35.5. The highest BCUT2D eigenvalue weighted by molar-refractivity contribution is 7.80. The second kappa shape index (κ2) is 8.90. The van der Waals surface area contributed by atoms with Crippen molar-refractivity contribution in [2.45, 2.75) is 19.8 Å². The van der Waals surface area contributed by atoms with E-state index >= 15 is 0 Å². The number of benzene rings is 1. The van der Waals surface area contributed by atoms with Crippen molar-refractivity contribution < 1.29 is 0 Å². The lowest BCUT2D eigenvalue weighted by Crippen LogP contribution is -2.48. The Bertz CT molecular complexity index is 422. The van der Waals surface area contributed by atoms with Gasteiger partial charge in [-0.05, 0) is 55.1 Å². The van der Waals surface area contributed by atoms with Crippen molar-refractivity contribution >= 4 is 51.9 Å². The number of nitrogens with one attached hydrogen (secondary N) is 4. The van der Waals surface area contributed by atoms with Gasteiger partial charge in [0.05, 0.1) is 0 Å². The first-order valence-corrected chi connectivity index (χ1v) is 7.17. The summed E-state index contributed by atoms with van der Waals surface area (Å²) in [7, 11) is 0. The fourth-order valence-electron chi connectivity index (χ4n) is 1.23. The summed E-state index contributed by atoms with van der Waals surface area (Å²) < 4.78 is 0. The average molecular weight is 317 g/mol. The molecule has 104 valence electrons. The number of hydrogen-bond acceptors (Lipinski definition) is 2. The maximum absolute atomic E-state index is 5.80. The zero-order valence-electron chi connectivity index (χ0n) is 10.6. The van der Waals surface area contributed by atoms with Gasteiger partial charge < -0.3 is 10.6 Å². The summed E-state index contributed by atoms with van der Waals surface area (Å²) in [4.78, 5) is 0. The van der Waals surface area contributed by atoms with E-state index < -0.39 is 0 Å². The first kappa shape index (κ1) is 15.9. The van der Waals surface area contributed by atoms with E-state index in [9.17, 15) is 0 Å². The van der Waals surface area contributed by atoms with E-state index in [0.29, 0.717) is 15.2 Å². The molecule has 0 aliphatic carbocycles. The van der Waals surface area contributed by atoms with Gasteiger partial charge in [0, 0.05) is 17.3 Å². The minimum absolute atomic E-state index is 0.432. The van der Waals surface area contributed by atoms with E-state index in [1.165, 1.54) is 0 Å². The summed E-state index contributed by atoms with van der Waals surface area (Å²) in [5, 5.41) is 7.71. The highest BCUT2D eigenvalue weighted by Gasteiger charge is 1.98. The lowest BCUT2D eigenvalue weighted by atomic mass is 10.3. The van der Waals surface area contributed by atoms with Crippen LogP contribution < -0.4 is 21.5 Å². The Balaban J connectivity index is 2.24. The Morgan fingerprint density at radius 1 is 1.11 bits per heavy atom. The van der Waals surface area contributed by atoms with Crippen LogP contribution in [0.3, 0.4) is 0 Å². The smallest absolute Gasteiger partial charge is 0.189 e. The summed E-state index contributed by atoms with van der Waals surface area (Å²) in [5.74, 6) is 0. The van der Waals surface area contributed by atoms with Crippen molar-refractivity contribution in [2.75, 3.05) is 11.9 Å². The topological polar surface area (TPSA) is 48.1 Å². The minimum atomic E-state index is 0.432. The molecule has 19 heavy (non-hydrogen) atoms. The molecule has 0 spiro atoms. The molecule has 7 heteroatoms. The number of hydrogen-bond donors (Lipinski definition) is 4. The molecule has 0 aromatic heterocycles. The van der Waals surface area contributed by atoms with Gasteiger partial charge in [-0.3, -0.25) is 10.9 Å². The molecule has 0 fully saturated rings. The molecule has 0 aliphatic heterocycles. The number of unbranched alkanes of at least 4 members (excludes halogenated alkanes) is 1. The van der Waals surface area contributed by atoms with Crippen molar-refractivity contribution in [3.63, 3.8) is 0 Å². The normalized spacial score (nSPS) is 9.58. The molecule has 0 atom stereocenters. The quantitative estimate of drug-likeness (QED) is 0.389. The maximum atomic E-state index is 5.80. The molecule has 4 N–H and O–H groups in total. The van der Waals surface area contributed by atoms with Gasteiger partial charge in [-0.15, -0.1) is 0 Å². The van der Waals surface area contributed by atoms with Gasteiger partial charge in [-0.25, -0.2) is 0 Å². The first-order chi connectivity index (χ1) is 9.11. The third kappa shape index (κ3) is 7.15. The van der Waals surface area contributed by atoms with Gasteiger partial charge >= 0.3 is 0 Å². The molecule has 1 aromatic carbocycles. The zero-order valence-corrected chi connectivity index (χ0v) is 13.0. The van der Waals surface area contributed by atoms with E-state index in [2.05, 4.69) is 28.4 Å². The Morgan fingerprint density at radius 2 is 1.74 bits per heavy atom. The number of rotatable bonds is 4. The predicted octanol–water partition coefficient (Wildman–Crippen LogP) is 2.81. The van der Waals surface area contributed by atoms with Gasteiger partial charge in [-0.1, -0.05) is 24.9 Å². The Kier molecular flexibility index (Phi) is 7.47. The average Bonchev–Trinajstić information content (AvgIpc) is 2.39. The first-order valence-electron chi connectivity index (χ1n) is 5.98. The van der Waals surface area contributed by atoms with E-state index in [4.69, 9.17) is 36.0 Å². The fraction of sp³-hybridized carbons (Fsp3) is 0.333. The molecule has 0 saturated carbocycles. The minimum Gasteiger partial charge on any atom is -0.361 e. The van der Waals surface area contributed by atoms with Crippen molar-refractivity contribution in [2.24, 2.45) is 0 Å². The van der Waals surface area contributed by atoms with Crippen molar-refractivity contribution in [3.05, 3.63) is 29.3 Å². The Labute approximate surface area is 129 Å². The molecule has 1 aromatic rings. The van der Waals surface area contributed by atoms with Crippen LogP contribution in [0.5, 0.6) is 0 Å². The van der Waals surface area contributed by atoms with Gasteiger partial charge in [0.25, 0.3) is 0 Å². The van der Waals surface area contributed by atoms with Crippen LogP contribution in [0.15, 0.2) is 24.3 Å². The van der Waals surface area contributed by atoms with E-state index in [-0.39, 0.29) is 0 Å². The molecule has 0 saturated heterocycles. The highest BCUT2D eigenvalue weighted by Crippen LogP contribution is 2.12. The van der Waals surface area contributed by atoms with Crippen molar-refractivity contribution in [3.8, 4) is 0 Å². The van der Waals surface area contributed by atoms with Gasteiger partial charge in [0.1, 0.15) is 0 Å².